The monoisotopic (exact) mass is 395 g/mol. The molecule has 1 aliphatic heterocycles. The van der Waals surface area contributed by atoms with Gasteiger partial charge in [-0.2, -0.15) is 0 Å². The molecule has 2 atom stereocenters. The molecular weight excluding hydrogens is 374 g/mol. The van der Waals surface area contributed by atoms with Crippen LogP contribution in [0.1, 0.15) is 47.8 Å². The molecule has 1 amide bonds. The Morgan fingerprint density at radius 1 is 1.11 bits per heavy atom. The molecule has 2 aromatic rings. The molecule has 0 spiro atoms. The number of hydrogen-bond donors (Lipinski definition) is 1. The van der Waals surface area contributed by atoms with E-state index in [1.54, 1.807) is 24.3 Å². The van der Waals surface area contributed by atoms with Gasteiger partial charge in [-0.05, 0) is 29.0 Å². The number of amides is 1. The molecule has 0 fully saturated rings. The van der Waals surface area contributed by atoms with Crippen molar-refractivity contribution in [1.82, 2.24) is 5.32 Å². The molecule has 1 N–H and O–H groups in total. The minimum Gasteiger partial charge on any atom is -0.429 e. The third kappa shape index (κ3) is 3.40. The van der Waals surface area contributed by atoms with Crippen molar-refractivity contribution in [2.75, 3.05) is 0 Å². The van der Waals surface area contributed by atoms with Crippen LogP contribution < -0.4 is 5.32 Å². The van der Waals surface area contributed by atoms with Gasteiger partial charge in [-0.15, -0.1) is 11.3 Å². The molecule has 0 bridgehead atoms. The SMILES string of the molecule is CC1(C)CC(=O)C2=C(C1)OC(=O)[C@H](NC(=O)c1ccccc1)[C@@H]2c1cccs1. The summed E-state index contributed by atoms with van der Waals surface area (Å²) in [6, 6.07) is 11.6. The van der Waals surface area contributed by atoms with E-state index in [9.17, 15) is 14.4 Å². The van der Waals surface area contributed by atoms with Crippen molar-refractivity contribution in [3.8, 4) is 0 Å². The van der Waals surface area contributed by atoms with E-state index in [4.69, 9.17) is 4.74 Å². The van der Waals surface area contributed by atoms with E-state index >= 15 is 0 Å². The van der Waals surface area contributed by atoms with Crippen LogP contribution in [0.2, 0.25) is 0 Å². The number of allylic oxidation sites excluding steroid dienone is 1. The number of ether oxygens (including phenoxy) is 1. The Labute approximate surface area is 167 Å². The van der Waals surface area contributed by atoms with E-state index in [2.05, 4.69) is 5.32 Å². The summed E-state index contributed by atoms with van der Waals surface area (Å²) >= 11 is 1.47. The fraction of sp³-hybridized carbons (Fsp3) is 0.318. The number of benzene rings is 1. The second-order valence-corrected chi connectivity index (χ2v) is 8.99. The summed E-state index contributed by atoms with van der Waals surface area (Å²) in [5.74, 6) is -0.970. The van der Waals surface area contributed by atoms with Crippen molar-refractivity contribution in [2.45, 2.75) is 38.6 Å². The number of thiophene rings is 1. The van der Waals surface area contributed by atoms with Crippen LogP contribution in [-0.2, 0) is 14.3 Å². The van der Waals surface area contributed by atoms with Crippen LogP contribution in [0.15, 0.2) is 59.2 Å². The first-order chi connectivity index (χ1) is 13.4. The zero-order valence-electron chi connectivity index (χ0n) is 15.7. The smallest absolute Gasteiger partial charge is 0.334 e. The van der Waals surface area contributed by atoms with Gasteiger partial charge >= 0.3 is 5.97 Å². The van der Waals surface area contributed by atoms with Crippen LogP contribution in [0.25, 0.3) is 0 Å². The van der Waals surface area contributed by atoms with E-state index in [0.29, 0.717) is 29.7 Å². The van der Waals surface area contributed by atoms with Gasteiger partial charge < -0.3 is 10.1 Å². The Kier molecular flexibility index (Phi) is 4.67. The van der Waals surface area contributed by atoms with Crippen LogP contribution in [0.4, 0.5) is 0 Å². The van der Waals surface area contributed by atoms with Crippen molar-refractivity contribution in [3.05, 3.63) is 69.6 Å². The Morgan fingerprint density at radius 3 is 2.54 bits per heavy atom. The van der Waals surface area contributed by atoms with Gasteiger partial charge in [0, 0.05) is 28.9 Å². The first-order valence-corrected chi connectivity index (χ1v) is 10.1. The molecular formula is C22H21NO4S. The van der Waals surface area contributed by atoms with Crippen LogP contribution in [0.5, 0.6) is 0 Å². The zero-order valence-corrected chi connectivity index (χ0v) is 16.5. The van der Waals surface area contributed by atoms with Crippen LogP contribution in [0.3, 0.4) is 0 Å². The summed E-state index contributed by atoms with van der Waals surface area (Å²) in [7, 11) is 0. The topological polar surface area (TPSA) is 72.5 Å². The Morgan fingerprint density at radius 2 is 1.86 bits per heavy atom. The first-order valence-electron chi connectivity index (χ1n) is 9.23. The highest BCUT2D eigenvalue weighted by molar-refractivity contribution is 7.10. The zero-order chi connectivity index (χ0) is 19.9. The lowest BCUT2D eigenvalue weighted by molar-refractivity contribution is -0.145. The predicted molar refractivity (Wildman–Crippen MR) is 106 cm³/mol. The standard InChI is InChI=1S/C22H21NO4S/c1-22(2)11-14(24)17-15(12-22)27-21(26)19(18(17)16-9-6-10-28-16)23-20(25)13-7-4-3-5-8-13/h3-10,18-19H,11-12H2,1-2H3,(H,23,25)/t18-,19-/m1/s1. The van der Waals surface area contributed by atoms with Gasteiger partial charge in [-0.1, -0.05) is 38.1 Å². The number of rotatable bonds is 3. The Bertz CT molecular complexity index is 960. The lowest BCUT2D eigenvalue weighted by Crippen LogP contribution is -2.50. The average molecular weight is 395 g/mol. The number of carbonyl (C=O) groups is 3. The number of ketones is 1. The summed E-state index contributed by atoms with van der Waals surface area (Å²) < 4.78 is 5.58. The number of Topliss-reactive ketones (excluding diaryl/α,β-unsaturated/α-hetero) is 1. The summed E-state index contributed by atoms with van der Waals surface area (Å²) in [5.41, 5.74) is 0.729. The summed E-state index contributed by atoms with van der Waals surface area (Å²) in [4.78, 5) is 39.4. The van der Waals surface area contributed by atoms with Gasteiger partial charge in [-0.3, -0.25) is 9.59 Å². The van der Waals surface area contributed by atoms with E-state index < -0.39 is 17.9 Å². The van der Waals surface area contributed by atoms with Crippen molar-refractivity contribution in [1.29, 1.82) is 0 Å². The highest BCUT2D eigenvalue weighted by Crippen LogP contribution is 2.46. The molecule has 0 unspecified atom stereocenters. The van der Waals surface area contributed by atoms with E-state index in [1.165, 1.54) is 11.3 Å². The van der Waals surface area contributed by atoms with Crippen molar-refractivity contribution < 1.29 is 19.1 Å². The van der Waals surface area contributed by atoms with Crippen LogP contribution >= 0.6 is 11.3 Å². The fourth-order valence-electron chi connectivity index (χ4n) is 3.93. The Hall–Kier alpha value is -2.73. The normalized spacial score (nSPS) is 23.8. The molecule has 1 aliphatic carbocycles. The largest absolute Gasteiger partial charge is 0.429 e. The highest BCUT2D eigenvalue weighted by atomic mass is 32.1. The van der Waals surface area contributed by atoms with E-state index in [-0.39, 0.29) is 17.1 Å². The van der Waals surface area contributed by atoms with Gasteiger partial charge in [0.05, 0.1) is 5.92 Å². The van der Waals surface area contributed by atoms with Gasteiger partial charge in [0.15, 0.2) is 5.78 Å². The maximum atomic E-state index is 13.0. The van der Waals surface area contributed by atoms with Crippen LogP contribution in [-0.4, -0.2) is 23.7 Å². The molecule has 28 heavy (non-hydrogen) atoms. The molecule has 6 heteroatoms. The molecule has 1 aromatic heterocycles. The van der Waals surface area contributed by atoms with Crippen molar-refractivity contribution in [2.24, 2.45) is 5.41 Å². The quantitative estimate of drug-likeness (QED) is 0.802. The molecule has 5 nitrogen and oxygen atoms in total. The lowest BCUT2D eigenvalue weighted by Gasteiger charge is -2.39. The minimum absolute atomic E-state index is 0.0175. The molecule has 4 rings (SSSR count). The number of hydrogen-bond acceptors (Lipinski definition) is 5. The van der Waals surface area contributed by atoms with E-state index in [0.717, 1.165) is 4.88 Å². The van der Waals surface area contributed by atoms with Gasteiger partial charge in [0.2, 0.25) is 0 Å². The molecule has 2 heterocycles. The maximum absolute atomic E-state index is 13.0. The van der Waals surface area contributed by atoms with Crippen molar-refractivity contribution in [3.63, 3.8) is 0 Å². The molecule has 2 aliphatic rings. The summed E-state index contributed by atoms with van der Waals surface area (Å²) in [5, 5.41) is 4.71. The maximum Gasteiger partial charge on any atom is 0.334 e. The third-order valence-electron chi connectivity index (χ3n) is 5.17. The molecule has 1 aromatic carbocycles. The van der Waals surface area contributed by atoms with Crippen molar-refractivity contribution >= 4 is 29.0 Å². The predicted octanol–water partition coefficient (Wildman–Crippen LogP) is 3.83. The molecule has 144 valence electrons. The Balaban J connectivity index is 1.74. The van der Waals surface area contributed by atoms with Gasteiger partial charge in [-0.25, -0.2) is 4.79 Å². The third-order valence-corrected chi connectivity index (χ3v) is 6.13. The average Bonchev–Trinajstić information content (AvgIpc) is 3.16. The minimum atomic E-state index is -0.935. The summed E-state index contributed by atoms with van der Waals surface area (Å²) in [6.07, 6.45) is 0.922. The fourth-order valence-corrected chi connectivity index (χ4v) is 4.81. The van der Waals surface area contributed by atoms with E-state index in [1.807, 2.05) is 37.4 Å². The first kappa shape index (κ1) is 18.6. The number of carbonyl (C=O) groups excluding carboxylic acids is 3. The number of esters is 1. The van der Waals surface area contributed by atoms with Gasteiger partial charge in [0.1, 0.15) is 11.8 Å². The summed E-state index contributed by atoms with van der Waals surface area (Å²) in [6.45, 7) is 3.98. The molecule has 0 saturated heterocycles. The van der Waals surface area contributed by atoms with Gasteiger partial charge in [0.25, 0.3) is 5.91 Å². The molecule has 0 radical (unpaired) electrons. The lowest BCUT2D eigenvalue weighted by atomic mass is 9.71. The second kappa shape index (κ2) is 7.02. The second-order valence-electron chi connectivity index (χ2n) is 8.01. The highest BCUT2D eigenvalue weighted by Gasteiger charge is 2.48. The number of nitrogens with one attached hydrogen (secondary N) is 1. The van der Waals surface area contributed by atoms with Crippen LogP contribution in [0, 0.1) is 5.41 Å². The molecule has 0 saturated carbocycles.